The van der Waals surface area contributed by atoms with Crippen molar-refractivity contribution in [3.05, 3.63) is 88.1 Å². The van der Waals surface area contributed by atoms with Gasteiger partial charge >= 0.3 is 0 Å². The molecule has 2 aliphatic carbocycles. The summed E-state index contributed by atoms with van der Waals surface area (Å²) in [4.78, 5) is 40.2. The molecule has 1 unspecified atom stereocenters. The van der Waals surface area contributed by atoms with Gasteiger partial charge in [-0.05, 0) is 117 Å². The van der Waals surface area contributed by atoms with Crippen molar-refractivity contribution in [2.45, 2.75) is 94.5 Å². The average Bonchev–Trinajstić information content (AvgIpc) is 3.82. The van der Waals surface area contributed by atoms with Crippen LogP contribution in [0.4, 0.5) is 17.3 Å². The normalized spacial score (nSPS) is 21.9. The number of hydrogen-bond acceptors (Lipinski definition) is 7. The highest BCUT2D eigenvalue weighted by molar-refractivity contribution is 5.96. The van der Waals surface area contributed by atoms with E-state index in [1.807, 2.05) is 16.8 Å². The molecule has 9 nitrogen and oxygen atoms in total. The molecule has 3 N–H and O–H groups in total. The maximum atomic E-state index is 13.6. The third kappa shape index (κ3) is 6.09. The van der Waals surface area contributed by atoms with E-state index in [1.165, 1.54) is 75.6 Å². The lowest BCUT2D eigenvalue weighted by molar-refractivity contribution is 0.0996. The number of fused-ring (bicyclic) bond motifs is 1. The number of anilines is 3. The molecule has 4 aromatic rings. The molecule has 48 heavy (non-hydrogen) atoms. The van der Waals surface area contributed by atoms with Crippen molar-refractivity contribution in [1.29, 1.82) is 0 Å². The summed E-state index contributed by atoms with van der Waals surface area (Å²) in [5, 5.41) is 5.13. The lowest BCUT2D eigenvalue weighted by Gasteiger charge is -2.42. The van der Waals surface area contributed by atoms with E-state index in [9.17, 15) is 9.59 Å². The maximum absolute atomic E-state index is 13.6. The number of nitrogens with one attached hydrogen (secondary N) is 1. The number of nitrogens with two attached hydrogens (primary N) is 1. The van der Waals surface area contributed by atoms with Gasteiger partial charge in [-0.15, -0.1) is 0 Å². The number of rotatable bonds is 8. The highest BCUT2D eigenvalue weighted by Gasteiger charge is 2.35. The summed E-state index contributed by atoms with van der Waals surface area (Å²) in [5.41, 5.74) is 9.59. The van der Waals surface area contributed by atoms with Crippen LogP contribution in [-0.2, 0) is 5.41 Å². The Balaban J connectivity index is 0.980. The van der Waals surface area contributed by atoms with Crippen molar-refractivity contribution in [3.63, 3.8) is 0 Å². The number of amides is 1. The number of pyridine rings is 1. The summed E-state index contributed by atoms with van der Waals surface area (Å²) in [6.07, 6.45) is 15.7. The second kappa shape index (κ2) is 12.7. The molecule has 4 fully saturated rings. The number of piperidine rings is 2. The highest BCUT2D eigenvalue weighted by atomic mass is 16.1. The number of carbonyl (C=O) groups is 1. The van der Waals surface area contributed by atoms with E-state index in [0.717, 1.165) is 41.9 Å². The van der Waals surface area contributed by atoms with Crippen LogP contribution in [0.3, 0.4) is 0 Å². The van der Waals surface area contributed by atoms with E-state index in [4.69, 9.17) is 10.7 Å². The number of likely N-dealkylation sites (tertiary alicyclic amines) is 1. The van der Waals surface area contributed by atoms with E-state index in [0.29, 0.717) is 24.1 Å². The quantitative estimate of drug-likeness (QED) is 0.221. The summed E-state index contributed by atoms with van der Waals surface area (Å²) >= 11 is 0. The van der Waals surface area contributed by atoms with Crippen molar-refractivity contribution in [2.24, 2.45) is 5.73 Å². The van der Waals surface area contributed by atoms with Crippen LogP contribution in [-0.4, -0.2) is 57.6 Å². The Labute approximate surface area is 282 Å². The van der Waals surface area contributed by atoms with Crippen molar-refractivity contribution >= 4 is 34.0 Å². The minimum Gasteiger partial charge on any atom is -0.364 e. The zero-order valence-electron chi connectivity index (χ0n) is 28.0. The third-order valence-corrected chi connectivity index (χ3v) is 11.7. The number of hydrogen-bond donors (Lipinski definition) is 2. The van der Waals surface area contributed by atoms with Crippen molar-refractivity contribution in [1.82, 2.24) is 19.4 Å². The second-order valence-corrected chi connectivity index (χ2v) is 14.9. The molecule has 1 amide bonds. The lowest BCUT2D eigenvalue weighted by atomic mass is 9.74. The van der Waals surface area contributed by atoms with Gasteiger partial charge in [-0.3, -0.25) is 9.59 Å². The van der Waals surface area contributed by atoms with Crippen LogP contribution in [0.5, 0.6) is 0 Å². The molecule has 2 saturated carbocycles. The molecule has 0 spiro atoms. The van der Waals surface area contributed by atoms with Gasteiger partial charge in [0.05, 0.1) is 12.2 Å². The number of primary amides is 1. The first-order valence-electron chi connectivity index (χ1n) is 18.0. The fourth-order valence-corrected chi connectivity index (χ4v) is 8.46. The molecule has 250 valence electrons. The van der Waals surface area contributed by atoms with Crippen LogP contribution < -0.4 is 21.5 Å². The van der Waals surface area contributed by atoms with Crippen molar-refractivity contribution in [2.75, 3.05) is 36.4 Å². The summed E-state index contributed by atoms with van der Waals surface area (Å²) in [6, 6.07) is 17.7. The summed E-state index contributed by atoms with van der Waals surface area (Å²) in [6.45, 7) is 6.14. The van der Waals surface area contributed by atoms with Gasteiger partial charge in [0.15, 0.2) is 11.5 Å². The predicted octanol–water partition coefficient (Wildman–Crippen LogP) is 6.65. The first kappa shape index (κ1) is 31.1. The van der Waals surface area contributed by atoms with E-state index < -0.39 is 5.91 Å². The lowest BCUT2D eigenvalue weighted by Crippen LogP contribution is -2.45. The Hall–Kier alpha value is -4.24. The van der Waals surface area contributed by atoms with E-state index in [2.05, 4.69) is 69.5 Å². The minimum atomic E-state index is -0.626. The first-order chi connectivity index (χ1) is 23.3. The summed E-state index contributed by atoms with van der Waals surface area (Å²) < 4.78 is 1.89. The van der Waals surface area contributed by atoms with E-state index >= 15 is 0 Å². The van der Waals surface area contributed by atoms with Crippen LogP contribution in [0.15, 0.2) is 65.7 Å². The zero-order valence-corrected chi connectivity index (χ0v) is 28.0. The molecule has 4 aliphatic rings. The molecule has 2 saturated heterocycles. The Morgan fingerprint density at radius 1 is 0.917 bits per heavy atom. The Morgan fingerprint density at radius 2 is 1.67 bits per heavy atom. The molecule has 2 aromatic heterocycles. The van der Waals surface area contributed by atoms with Gasteiger partial charge in [0.25, 0.3) is 11.5 Å². The van der Waals surface area contributed by atoms with Crippen molar-refractivity contribution < 1.29 is 4.79 Å². The van der Waals surface area contributed by atoms with E-state index in [-0.39, 0.29) is 22.7 Å². The molecule has 8 rings (SSSR count). The molecule has 0 bridgehead atoms. The number of nitrogens with zero attached hydrogens (tertiary/aromatic N) is 5. The van der Waals surface area contributed by atoms with E-state index in [1.54, 1.807) is 6.20 Å². The molecule has 2 aromatic carbocycles. The molecule has 4 heterocycles. The van der Waals surface area contributed by atoms with Gasteiger partial charge in [0, 0.05) is 36.4 Å². The molecular formula is C39H47N7O2. The van der Waals surface area contributed by atoms with Crippen LogP contribution in [0, 0.1) is 0 Å². The predicted molar refractivity (Wildman–Crippen MR) is 191 cm³/mol. The zero-order chi connectivity index (χ0) is 32.8. The smallest absolute Gasteiger partial charge is 0.271 e. The largest absolute Gasteiger partial charge is 0.364 e. The Bertz CT molecular complexity index is 1870. The topological polar surface area (TPSA) is 109 Å². The van der Waals surface area contributed by atoms with Gasteiger partial charge in [0.2, 0.25) is 0 Å². The number of benzene rings is 2. The standard InChI is InChI=1S/C39H47N7O2/c1-39(17-21-44(22-18-39)31-5-2-3-6-31)29-11-13-30(14-12-29)42-37-35(36(40)47)41-24-34(43-37)45-19-4-7-32(25-45)46-20-16-28-23-27(26-8-9-26)10-15-33(28)38(46)48/h10-16,20,23-24,26,31-32H,2-9,17-19,21-22,25H2,1H3,(H2,40,47)(H,42,43). The van der Waals surface area contributed by atoms with Crippen molar-refractivity contribution in [3.8, 4) is 0 Å². The fraction of sp³-hybridized carbons (Fsp3) is 0.487. The Kier molecular flexibility index (Phi) is 8.19. The molecular weight excluding hydrogens is 598 g/mol. The Morgan fingerprint density at radius 3 is 2.40 bits per heavy atom. The van der Waals surface area contributed by atoms with Gasteiger partial charge in [-0.1, -0.05) is 44.0 Å². The molecule has 2 aliphatic heterocycles. The maximum Gasteiger partial charge on any atom is 0.271 e. The third-order valence-electron chi connectivity index (χ3n) is 11.7. The van der Waals surface area contributed by atoms with Gasteiger partial charge in [0.1, 0.15) is 5.82 Å². The SMILES string of the molecule is CC1(c2ccc(Nc3nc(N4CCCC(n5ccc6cc(C7CC7)ccc6c5=O)C4)cnc3C(N)=O)cc2)CCN(C2CCCC2)CC1. The number of carbonyl (C=O) groups excluding carboxylic acids is 1. The summed E-state index contributed by atoms with van der Waals surface area (Å²) in [5.74, 6) is 1.04. The number of aromatic nitrogens is 3. The van der Waals surface area contributed by atoms with Crippen LogP contribution in [0.2, 0.25) is 0 Å². The first-order valence-corrected chi connectivity index (χ1v) is 18.0. The minimum absolute atomic E-state index is 0.00623. The molecule has 0 radical (unpaired) electrons. The summed E-state index contributed by atoms with van der Waals surface area (Å²) in [7, 11) is 0. The van der Waals surface area contributed by atoms with Crippen LogP contribution >= 0.6 is 0 Å². The van der Waals surface area contributed by atoms with Gasteiger partial charge < -0.3 is 25.4 Å². The molecule has 9 heteroatoms. The van der Waals surface area contributed by atoms with Crippen LogP contribution in [0.1, 0.15) is 105 Å². The monoisotopic (exact) mass is 645 g/mol. The van der Waals surface area contributed by atoms with Crippen LogP contribution in [0.25, 0.3) is 10.8 Å². The fourth-order valence-electron chi connectivity index (χ4n) is 8.46. The van der Waals surface area contributed by atoms with Gasteiger partial charge in [-0.2, -0.15) is 0 Å². The highest BCUT2D eigenvalue weighted by Crippen LogP contribution is 2.41. The molecule has 1 atom stereocenters. The average molecular weight is 646 g/mol. The second-order valence-electron chi connectivity index (χ2n) is 14.9. The van der Waals surface area contributed by atoms with Gasteiger partial charge in [-0.25, -0.2) is 9.97 Å².